The molecule has 0 saturated heterocycles. The van der Waals surface area contributed by atoms with Gasteiger partial charge in [0.25, 0.3) is 5.69 Å². The zero-order valence-electron chi connectivity index (χ0n) is 10.4. The fraction of sp³-hybridized carbons (Fsp3) is 0.143. The Morgan fingerprint density at radius 2 is 1.65 bits per heavy atom. The van der Waals surface area contributed by atoms with Gasteiger partial charge in [-0.3, -0.25) is 10.1 Å². The van der Waals surface area contributed by atoms with Crippen molar-refractivity contribution in [2.45, 2.75) is 11.5 Å². The summed E-state index contributed by atoms with van der Waals surface area (Å²) >= 11 is 13.7. The van der Waals surface area contributed by atoms with Crippen molar-refractivity contribution in [2.24, 2.45) is 0 Å². The van der Waals surface area contributed by atoms with Gasteiger partial charge < -0.3 is 0 Å². The van der Waals surface area contributed by atoms with E-state index in [2.05, 4.69) is 0 Å². The van der Waals surface area contributed by atoms with E-state index in [0.29, 0.717) is 10.8 Å². The van der Waals surface area contributed by atoms with Gasteiger partial charge in [-0.1, -0.05) is 41.4 Å². The van der Waals surface area contributed by atoms with Crippen molar-refractivity contribution < 1.29 is 4.92 Å². The monoisotopic (exact) mass is 327 g/mol. The van der Waals surface area contributed by atoms with Crippen LogP contribution in [0.2, 0.25) is 10.0 Å². The Hall–Kier alpha value is -1.23. The molecule has 0 unspecified atom stereocenters. The van der Waals surface area contributed by atoms with Crippen molar-refractivity contribution in [1.29, 1.82) is 0 Å². The summed E-state index contributed by atoms with van der Waals surface area (Å²) in [6.45, 7) is 0. The Bertz CT molecular complexity index is 634. The van der Waals surface area contributed by atoms with Gasteiger partial charge in [-0.05, 0) is 23.3 Å². The summed E-state index contributed by atoms with van der Waals surface area (Å²) in [4.78, 5) is 10.3. The molecule has 0 bridgehead atoms. The van der Waals surface area contributed by atoms with Crippen LogP contribution in [-0.4, -0.2) is 4.92 Å². The molecule has 6 heteroatoms. The van der Waals surface area contributed by atoms with Gasteiger partial charge in [-0.25, -0.2) is 0 Å². The smallest absolute Gasteiger partial charge is 0.258 e. The Kier molecular flexibility index (Phi) is 5.29. The highest BCUT2D eigenvalue weighted by molar-refractivity contribution is 7.97. The molecule has 0 spiro atoms. The van der Waals surface area contributed by atoms with Gasteiger partial charge in [0.05, 0.1) is 4.92 Å². The van der Waals surface area contributed by atoms with Crippen LogP contribution in [0.5, 0.6) is 0 Å². The minimum atomic E-state index is -0.418. The second-order valence-corrected chi connectivity index (χ2v) is 5.92. The largest absolute Gasteiger partial charge is 0.269 e. The molecule has 0 atom stereocenters. The lowest BCUT2D eigenvalue weighted by molar-refractivity contribution is -0.384. The lowest BCUT2D eigenvalue weighted by Crippen LogP contribution is -1.91. The van der Waals surface area contributed by atoms with Crippen molar-refractivity contribution in [3.63, 3.8) is 0 Å². The zero-order chi connectivity index (χ0) is 14.5. The Morgan fingerprint density at radius 1 is 1.00 bits per heavy atom. The second kappa shape index (κ2) is 6.97. The van der Waals surface area contributed by atoms with E-state index in [0.717, 1.165) is 21.9 Å². The van der Waals surface area contributed by atoms with E-state index in [1.54, 1.807) is 17.8 Å². The number of hydrogen-bond donors (Lipinski definition) is 0. The van der Waals surface area contributed by atoms with Gasteiger partial charge in [0.15, 0.2) is 0 Å². The molecule has 0 aliphatic heterocycles. The number of non-ortho nitro benzene ring substituents is 1. The average molecular weight is 328 g/mol. The standard InChI is InChI=1S/C14H11Cl2NO2S/c15-13-4-2-1-3-10(13)8-20-9-11-7-12(17(18)19)5-6-14(11)16/h1-7H,8-9H2. The molecule has 3 nitrogen and oxygen atoms in total. The van der Waals surface area contributed by atoms with Crippen molar-refractivity contribution in [2.75, 3.05) is 0 Å². The molecule has 0 fully saturated rings. The van der Waals surface area contributed by atoms with Gasteiger partial charge in [-0.2, -0.15) is 11.8 Å². The molecule has 20 heavy (non-hydrogen) atoms. The molecule has 0 aromatic heterocycles. The third-order valence-electron chi connectivity index (χ3n) is 2.71. The maximum absolute atomic E-state index is 10.7. The molecular weight excluding hydrogens is 317 g/mol. The van der Waals surface area contributed by atoms with Crippen molar-refractivity contribution >= 4 is 40.7 Å². The molecule has 0 aliphatic rings. The van der Waals surface area contributed by atoms with Crippen LogP contribution in [0.25, 0.3) is 0 Å². The minimum absolute atomic E-state index is 0.0581. The predicted octanol–water partition coefficient (Wildman–Crippen LogP) is 5.34. The molecule has 0 N–H and O–H groups in total. The highest BCUT2D eigenvalue weighted by Crippen LogP contribution is 2.28. The second-order valence-electron chi connectivity index (χ2n) is 4.12. The highest BCUT2D eigenvalue weighted by Gasteiger charge is 2.10. The molecule has 0 heterocycles. The van der Waals surface area contributed by atoms with E-state index in [1.807, 2.05) is 24.3 Å². The topological polar surface area (TPSA) is 43.1 Å². The first-order chi connectivity index (χ1) is 9.58. The van der Waals surface area contributed by atoms with Gasteiger partial charge >= 0.3 is 0 Å². The fourth-order valence-electron chi connectivity index (χ4n) is 1.67. The summed E-state index contributed by atoms with van der Waals surface area (Å²) in [5.74, 6) is 1.34. The SMILES string of the molecule is O=[N+]([O-])c1ccc(Cl)c(CSCc2ccccc2Cl)c1. The van der Waals surface area contributed by atoms with Gasteiger partial charge in [0.1, 0.15) is 0 Å². The molecule has 104 valence electrons. The third-order valence-corrected chi connectivity index (χ3v) is 4.48. The lowest BCUT2D eigenvalue weighted by atomic mass is 10.2. The zero-order valence-corrected chi connectivity index (χ0v) is 12.7. The van der Waals surface area contributed by atoms with Crippen LogP contribution in [0.1, 0.15) is 11.1 Å². The van der Waals surface area contributed by atoms with Crippen LogP contribution in [0.4, 0.5) is 5.69 Å². The molecule has 0 amide bonds. The maximum Gasteiger partial charge on any atom is 0.269 e. The fourth-order valence-corrected chi connectivity index (χ4v) is 3.25. The van der Waals surface area contributed by atoms with Crippen LogP contribution < -0.4 is 0 Å². The number of halogens is 2. The highest BCUT2D eigenvalue weighted by atomic mass is 35.5. The van der Waals surface area contributed by atoms with Gasteiger partial charge in [0, 0.05) is 33.7 Å². The van der Waals surface area contributed by atoms with Crippen LogP contribution in [0.3, 0.4) is 0 Å². The van der Waals surface area contributed by atoms with E-state index < -0.39 is 4.92 Å². The summed E-state index contributed by atoms with van der Waals surface area (Å²) in [7, 11) is 0. The van der Waals surface area contributed by atoms with Crippen molar-refractivity contribution in [3.05, 3.63) is 73.8 Å². The van der Waals surface area contributed by atoms with Crippen LogP contribution in [0.15, 0.2) is 42.5 Å². The van der Waals surface area contributed by atoms with Gasteiger partial charge in [-0.15, -0.1) is 0 Å². The normalized spacial score (nSPS) is 10.5. The predicted molar refractivity (Wildman–Crippen MR) is 84.6 cm³/mol. The van der Waals surface area contributed by atoms with Crippen LogP contribution >= 0.6 is 35.0 Å². The number of rotatable bonds is 5. The number of hydrogen-bond acceptors (Lipinski definition) is 3. The first-order valence-electron chi connectivity index (χ1n) is 5.82. The van der Waals surface area contributed by atoms with E-state index in [1.165, 1.54) is 12.1 Å². The Balaban J connectivity index is 2.02. The summed E-state index contributed by atoms with van der Waals surface area (Å²) in [5.41, 5.74) is 1.86. The van der Waals surface area contributed by atoms with Crippen molar-refractivity contribution in [3.8, 4) is 0 Å². The summed E-state index contributed by atoms with van der Waals surface area (Å²) in [5, 5.41) is 12.0. The number of nitro groups is 1. The lowest BCUT2D eigenvalue weighted by Gasteiger charge is -2.06. The first kappa shape index (κ1) is 15.2. The molecule has 0 radical (unpaired) electrons. The molecular formula is C14H11Cl2NO2S. The van der Waals surface area contributed by atoms with Crippen LogP contribution in [0, 0.1) is 10.1 Å². The van der Waals surface area contributed by atoms with Gasteiger partial charge in [0.2, 0.25) is 0 Å². The molecule has 0 saturated carbocycles. The number of nitrogens with zero attached hydrogens (tertiary/aromatic N) is 1. The molecule has 2 aromatic rings. The number of thioether (sulfide) groups is 1. The number of benzene rings is 2. The summed E-state index contributed by atoms with van der Waals surface area (Å²) in [6.07, 6.45) is 0. The Morgan fingerprint density at radius 3 is 2.35 bits per heavy atom. The van der Waals surface area contributed by atoms with Crippen molar-refractivity contribution in [1.82, 2.24) is 0 Å². The molecule has 0 aliphatic carbocycles. The van der Waals surface area contributed by atoms with E-state index in [4.69, 9.17) is 23.2 Å². The molecule has 2 rings (SSSR count). The quantitative estimate of drug-likeness (QED) is 0.550. The Labute approximate surface area is 131 Å². The maximum atomic E-state index is 10.7. The summed E-state index contributed by atoms with van der Waals surface area (Å²) < 4.78 is 0. The van der Waals surface area contributed by atoms with E-state index in [-0.39, 0.29) is 5.69 Å². The van der Waals surface area contributed by atoms with Crippen LogP contribution in [-0.2, 0) is 11.5 Å². The average Bonchev–Trinajstić information content (AvgIpc) is 2.42. The summed E-state index contributed by atoms with van der Waals surface area (Å²) in [6, 6.07) is 12.1. The first-order valence-corrected chi connectivity index (χ1v) is 7.73. The minimum Gasteiger partial charge on any atom is -0.258 e. The van der Waals surface area contributed by atoms with E-state index >= 15 is 0 Å². The van der Waals surface area contributed by atoms with E-state index in [9.17, 15) is 10.1 Å². The third kappa shape index (κ3) is 3.88. The molecule has 2 aromatic carbocycles. The number of nitro benzene ring substituents is 1.